The number of nitrogens with one attached hydrogen (secondary N) is 1. The maximum atomic E-state index is 9.54. The summed E-state index contributed by atoms with van der Waals surface area (Å²) in [5.41, 5.74) is 1.20. The minimum absolute atomic E-state index is 0.354. The smallest absolute Gasteiger partial charge is 0.115 e. The molecule has 1 aromatic carbocycles. The Kier molecular flexibility index (Phi) is 2.25. The van der Waals surface area contributed by atoms with Crippen molar-refractivity contribution in [2.45, 2.75) is 38.3 Å². The van der Waals surface area contributed by atoms with Crippen LogP contribution in [0.2, 0.25) is 0 Å². The second kappa shape index (κ2) is 3.74. The molecule has 2 bridgehead atoms. The molecule has 5 unspecified atom stereocenters. The Morgan fingerprint density at radius 2 is 1.94 bits per heavy atom. The van der Waals surface area contributed by atoms with Crippen molar-refractivity contribution in [3.8, 4) is 5.75 Å². The highest BCUT2D eigenvalue weighted by atomic mass is 16.3. The van der Waals surface area contributed by atoms with Gasteiger partial charge in [-0.1, -0.05) is 12.1 Å². The third-order valence-corrected chi connectivity index (χ3v) is 5.55. The van der Waals surface area contributed by atoms with Gasteiger partial charge in [-0.25, -0.2) is 0 Å². The first-order valence-corrected chi connectivity index (χ1v) is 7.29. The van der Waals surface area contributed by atoms with Gasteiger partial charge in [0.15, 0.2) is 0 Å². The van der Waals surface area contributed by atoms with Crippen LogP contribution in [0, 0.1) is 23.7 Å². The van der Waals surface area contributed by atoms with E-state index in [1.165, 1.54) is 24.8 Å². The van der Waals surface area contributed by atoms with E-state index in [2.05, 4.69) is 18.3 Å². The van der Waals surface area contributed by atoms with E-state index in [-0.39, 0.29) is 0 Å². The molecule has 0 radical (unpaired) electrons. The first-order chi connectivity index (χ1) is 8.74. The summed E-state index contributed by atoms with van der Waals surface area (Å²) in [5.74, 6) is 4.37. The van der Waals surface area contributed by atoms with Gasteiger partial charge in [0.2, 0.25) is 0 Å². The van der Waals surface area contributed by atoms with Crippen molar-refractivity contribution in [3.63, 3.8) is 0 Å². The fourth-order valence-corrected chi connectivity index (χ4v) is 4.73. The molecular formula is C16H21NO. The molecule has 3 aliphatic rings. The molecule has 3 saturated carbocycles. The summed E-state index contributed by atoms with van der Waals surface area (Å²) in [6.45, 7) is 2.21. The summed E-state index contributed by atoms with van der Waals surface area (Å²) in [4.78, 5) is 0. The first kappa shape index (κ1) is 10.9. The summed E-state index contributed by atoms with van der Waals surface area (Å²) < 4.78 is 0. The monoisotopic (exact) mass is 243 g/mol. The lowest BCUT2D eigenvalue weighted by molar-refractivity contribution is 0.431. The zero-order valence-corrected chi connectivity index (χ0v) is 10.8. The van der Waals surface area contributed by atoms with Gasteiger partial charge in [0.05, 0.1) is 0 Å². The number of phenolic OH excluding ortho intramolecular Hbond substituents is 1. The molecule has 5 atom stereocenters. The number of phenols is 1. The highest BCUT2D eigenvalue weighted by Crippen LogP contribution is 2.65. The number of hydrogen-bond donors (Lipinski definition) is 2. The largest absolute Gasteiger partial charge is 0.508 e. The molecule has 3 fully saturated rings. The van der Waals surface area contributed by atoms with Crippen molar-refractivity contribution in [2.75, 3.05) is 0 Å². The highest BCUT2D eigenvalue weighted by Gasteiger charge is 2.64. The van der Waals surface area contributed by atoms with Crippen LogP contribution in [0.15, 0.2) is 24.3 Å². The Labute approximate surface area is 108 Å². The van der Waals surface area contributed by atoms with Crippen molar-refractivity contribution >= 4 is 0 Å². The van der Waals surface area contributed by atoms with Crippen LogP contribution >= 0.6 is 0 Å². The minimum Gasteiger partial charge on any atom is -0.508 e. The van der Waals surface area contributed by atoms with Gasteiger partial charge in [-0.05, 0) is 67.6 Å². The molecule has 2 nitrogen and oxygen atoms in total. The highest BCUT2D eigenvalue weighted by molar-refractivity contribution is 5.29. The van der Waals surface area contributed by atoms with E-state index in [4.69, 9.17) is 0 Å². The van der Waals surface area contributed by atoms with E-state index >= 15 is 0 Å². The van der Waals surface area contributed by atoms with E-state index in [9.17, 15) is 5.11 Å². The van der Waals surface area contributed by atoms with E-state index in [0.29, 0.717) is 11.8 Å². The van der Waals surface area contributed by atoms with Gasteiger partial charge in [0.25, 0.3) is 0 Å². The van der Waals surface area contributed by atoms with Crippen molar-refractivity contribution < 1.29 is 5.11 Å². The minimum atomic E-state index is 0.354. The van der Waals surface area contributed by atoms with Gasteiger partial charge in [0.1, 0.15) is 5.75 Å². The van der Waals surface area contributed by atoms with Gasteiger partial charge < -0.3 is 10.4 Å². The topological polar surface area (TPSA) is 32.3 Å². The fourth-order valence-electron chi connectivity index (χ4n) is 4.73. The third-order valence-electron chi connectivity index (χ3n) is 5.55. The molecule has 1 aromatic rings. The van der Waals surface area contributed by atoms with Crippen LogP contribution in [0.3, 0.4) is 0 Å². The van der Waals surface area contributed by atoms with Crippen molar-refractivity contribution in [1.29, 1.82) is 0 Å². The van der Waals surface area contributed by atoms with Crippen molar-refractivity contribution in [1.82, 2.24) is 5.32 Å². The number of hydrogen-bond acceptors (Lipinski definition) is 2. The van der Waals surface area contributed by atoms with Crippen LogP contribution < -0.4 is 5.32 Å². The number of rotatable bonds is 3. The molecule has 0 aromatic heterocycles. The standard InChI is InChI=1S/C16H21NO/c1-9(10-3-2-4-13(18)8-10)17-16-14-11-5-6-12(7-11)15(14)16/h2-4,8-9,11-12,14-18H,5-7H2,1H3. The Morgan fingerprint density at radius 1 is 1.22 bits per heavy atom. The Balaban J connectivity index is 1.44. The molecule has 2 N–H and O–H groups in total. The van der Waals surface area contributed by atoms with Crippen LogP contribution in [0.5, 0.6) is 5.75 Å². The van der Waals surface area contributed by atoms with E-state index in [0.717, 1.165) is 29.7 Å². The van der Waals surface area contributed by atoms with Gasteiger partial charge >= 0.3 is 0 Å². The van der Waals surface area contributed by atoms with Crippen molar-refractivity contribution in [2.24, 2.45) is 23.7 Å². The number of aromatic hydroxyl groups is 1. The summed E-state index contributed by atoms with van der Waals surface area (Å²) in [5, 5.41) is 13.3. The summed E-state index contributed by atoms with van der Waals surface area (Å²) in [6.07, 6.45) is 4.46. The summed E-state index contributed by atoms with van der Waals surface area (Å²) in [6, 6.07) is 8.76. The van der Waals surface area contributed by atoms with Gasteiger partial charge in [-0.15, -0.1) is 0 Å². The number of fused-ring (bicyclic) bond motifs is 5. The predicted octanol–water partition coefficient (Wildman–Crippen LogP) is 3.09. The molecule has 4 rings (SSSR count). The predicted molar refractivity (Wildman–Crippen MR) is 71.3 cm³/mol. The molecule has 0 heterocycles. The summed E-state index contributed by atoms with van der Waals surface area (Å²) >= 11 is 0. The first-order valence-electron chi connectivity index (χ1n) is 7.29. The molecule has 0 saturated heterocycles. The van der Waals surface area contributed by atoms with E-state index in [1.807, 2.05) is 12.1 Å². The van der Waals surface area contributed by atoms with E-state index < -0.39 is 0 Å². The molecule has 2 heteroatoms. The maximum Gasteiger partial charge on any atom is 0.115 e. The molecular weight excluding hydrogens is 222 g/mol. The Morgan fingerprint density at radius 3 is 2.61 bits per heavy atom. The van der Waals surface area contributed by atoms with Gasteiger partial charge in [-0.3, -0.25) is 0 Å². The lowest BCUT2D eigenvalue weighted by atomic mass is 10.0. The molecule has 3 aliphatic carbocycles. The lowest BCUT2D eigenvalue weighted by Gasteiger charge is -2.17. The molecule has 0 aliphatic heterocycles. The lowest BCUT2D eigenvalue weighted by Crippen LogP contribution is -2.26. The molecule has 96 valence electrons. The van der Waals surface area contributed by atoms with Crippen LogP contribution in [0.4, 0.5) is 0 Å². The second-order valence-electron chi connectivity index (χ2n) is 6.50. The van der Waals surface area contributed by atoms with Gasteiger partial charge in [-0.2, -0.15) is 0 Å². The molecule has 0 amide bonds. The Bertz CT molecular complexity index is 456. The zero-order chi connectivity index (χ0) is 12.3. The summed E-state index contributed by atoms with van der Waals surface area (Å²) in [7, 11) is 0. The van der Waals surface area contributed by atoms with Crippen LogP contribution in [0.25, 0.3) is 0 Å². The third kappa shape index (κ3) is 1.51. The van der Waals surface area contributed by atoms with Crippen LogP contribution in [-0.4, -0.2) is 11.1 Å². The average molecular weight is 243 g/mol. The zero-order valence-electron chi connectivity index (χ0n) is 10.8. The quantitative estimate of drug-likeness (QED) is 0.855. The SMILES string of the molecule is CC(NC1C2C3CCC(C3)C12)c1cccc(O)c1. The van der Waals surface area contributed by atoms with Crippen LogP contribution in [-0.2, 0) is 0 Å². The molecule has 0 spiro atoms. The Hall–Kier alpha value is -1.02. The fraction of sp³-hybridized carbons (Fsp3) is 0.625. The molecule has 18 heavy (non-hydrogen) atoms. The van der Waals surface area contributed by atoms with Crippen LogP contribution in [0.1, 0.15) is 37.8 Å². The van der Waals surface area contributed by atoms with Gasteiger partial charge in [0, 0.05) is 12.1 Å². The second-order valence-corrected chi connectivity index (χ2v) is 6.50. The van der Waals surface area contributed by atoms with E-state index in [1.54, 1.807) is 6.07 Å². The maximum absolute atomic E-state index is 9.54. The average Bonchev–Trinajstić information content (AvgIpc) is 2.77. The number of benzene rings is 1. The van der Waals surface area contributed by atoms with Crippen molar-refractivity contribution in [3.05, 3.63) is 29.8 Å². The normalized spacial score (nSPS) is 41.7.